The minimum Gasteiger partial charge on any atom is -0.380 e. The van der Waals surface area contributed by atoms with Gasteiger partial charge in [0.25, 0.3) is 0 Å². The van der Waals surface area contributed by atoms with Gasteiger partial charge in [0.1, 0.15) is 0 Å². The van der Waals surface area contributed by atoms with Gasteiger partial charge in [-0.2, -0.15) is 0 Å². The summed E-state index contributed by atoms with van der Waals surface area (Å²) in [6, 6.07) is 0.631. The van der Waals surface area contributed by atoms with E-state index in [9.17, 15) is 0 Å². The van der Waals surface area contributed by atoms with Gasteiger partial charge in [-0.3, -0.25) is 4.90 Å². The zero-order chi connectivity index (χ0) is 10.2. The molecule has 0 aromatic carbocycles. The maximum atomic E-state index is 5.84. The monoisotopic (exact) mass is 199 g/mol. The van der Waals surface area contributed by atoms with Crippen molar-refractivity contribution in [3.63, 3.8) is 0 Å². The van der Waals surface area contributed by atoms with Gasteiger partial charge in [0.15, 0.2) is 0 Å². The van der Waals surface area contributed by atoms with Gasteiger partial charge < -0.3 is 9.47 Å². The number of ether oxygens (including phenoxy) is 2. The second-order valence-electron chi connectivity index (χ2n) is 5.09. The molecule has 2 fully saturated rings. The van der Waals surface area contributed by atoms with Crippen molar-refractivity contribution in [2.24, 2.45) is 5.41 Å². The van der Waals surface area contributed by atoms with Crippen molar-refractivity contribution in [2.75, 3.05) is 32.9 Å². The molecule has 0 aliphatic carbocycles. The Hall–Kier alpha value is -0.120. The fourth-order valence-corrected chi connectivity index (χ4v) is 2.17. The molecule has 3 heteroatoms. The summed E-state index contributed by atoms with van der Waals surface area (Å²) in [6.07, 6.45) is 0.368. The highest BCUT2D eigenvalue weighted by Crippen LogP contribution is 2.34. The molecular formula is C11H21NO2. The van der Waals surface area contributed by atoms with E-state index in [4.69, 9.17) is 9.47 Å². The summed E-state index contributed by atoms with van der Waals surface area (Å²) >= 11 is 0. The van der Waals surface area contributed by atoms with Gasteiger partial charge in [-0.1, -0.05) is 6.92 Å². The van der Waals surface area contributed by atoms with Gasteiger partial charge in [0.2, 0.25) is 0 Å². The van der Waals surface area contributed by atoms with E-state index < -0.39 is 0 Å². The summed E-state index contributed by atoms with van der Waals surface area (Å²) < 4.78 is 11.1. The first-order valence-corrected chi connectivity index (χ1v) is 5.55. The predicted octanol–water partition coefficient (Wildman–Crippen LogP) is 1.13. The Morgan fingerprint density at radius 3 is 2.57 bits per heavy atom. The average Bonchev–Trinajstić information content (AvgIpc) is 2.14. The summed E-state index contributed by atoms with van der Waals surface area (Å²) in [7, 11) is 0. The molecule has 0 aromatic heterocycles. The maximum Gasteiger partial charge on any atom is 0.0800 e. The Bertz CT molecular complexity index is 201. The van der Waals surface area contributed by atoms with Gasteiger partial charge >= 0.3 is 0 Å². The molecule has 0 radical (unpaired) electrons. The number of hydrogen-bond donors (Lipinski definition) is 0. The van der Waals surface area contributed by atoms with Crippen molar-refractivity contribution in [3.05, 3.63) is 0 Å². The molecule has 2 rings (SSSR count). The molecule has 0 saturated carbocycles. The molecule has 82 valence electrons. The molecule has 1 atom stereocenters. The summed E-state index contributed by atoms with van der Waals surface area (Å²) in [5.41, 5.74) is 0.271. The van der Waals surface area contributed by atoms with E-state index in [0.29, 0.717) is 12.1 Å². The van der Waals surface area contributed by atoms with Crippen LogP contribution in [0.1, 0.15) is 20.8 Å². The smallest absolute Gasteiger partial charge is 0.0800 e. The van der Waals surface area contributed by atoms with Crippen LogP contribution in [0.15, 0.2) is 0 Å². The summed E-state index contributed by atoms with van der Waals surface area (Å²) in [4.78, 5) is 2.50. The highest BCUT2D eigenvalue weighted by Gasteiger charge is 2.44. The lowest BCUT2D eigenvalue weighted by Crippen LogP contribution is -2.58. The molecular weight excluding hydrogens is 178 g/mol. The molecule has 14 heavy (non-hydrogen) atoms. The minimum absolute atomic E-state index is 0.271. The summed E-state index contributed by atoms with van der Waals surface area (Å²) in [5.74, 6) is 0. The van der Waals surface area contributed by atoms with E-state index in [1.165, 1.54) is 0 Å². The number of rotatable bonds is 2. The SMILES string of the molecule is CC(C)N1CCO[C@@H](C2(C)COC2)C1. The molecule has 2 aliphatic heterocycles. The van der Waals surface area contributed by atoms with Crippen molar-refractivity contribution in [1.29, 1.82) is 0 Å². The van der Waals surface area contributed by atoms with Gasteiger partial charge in [-0.15, -0.1) is 0 Å². The second kappa shape index (κ2) is 3.80. The van der Waals surface area contributed by atoms with Crippen LogP contribution in [0.25, 0.3) is 0 Å². The average molecular weight is 199 g/mol. The molecule has 2 aliphatic rings. The van der Waals surface area contributed by atoms with E-state index >= 15 is 0 Å². The third kappa shape index (κ3) is 1.81. The van der Waals surface area contributed by atoms with Crippen molar-refractivity contribution in [2.45, 2.75) is 32.9 Å². The van der Waals surface area contributed by atoms with Crippen LogP contribution in [-0.2, 0) is 9.47 Å². The molecule has 0 unspecified atom stereocenters. The third-order valence-electron chi connectivity index (χ3n) is 3.47. The van der Waals surface area contributed by atoms with Crippen LogP contribution in [0.3, 0.4) is 0 Å². The lowest BCUT2D eigenvalue weighted by atomic mass is 9.81. The van der Waals surface area contributed by atoms with E-state index in [1.807, 2.05) is 0 Å². The van der Waals surface area contributed by atoms with E-state index in [-0.39, 0.29) is 5.41 Å². The Labute approximate surface area is 86.4 Å². The molecule has 0 amide bonds. The first-order chi connectivity index (χ1) is 6.62. The lowest BCUT2D eigenvalue weighted by Gasteiger charge is -2.48. The van der Waals surface area contributed by atoms with Crippen LogP contribution in [0.2, 0.25) is 0 Å². The molecule has 2 saturated heterocycles. The van der Waals surface area contributed by atoms with Crippen molar-refractivity contribution in [1.82, 2.24) is 4.90 Å². The first kappa shape index (κ1) is 10.4. The van der Waals surface area contributed by atoms with Crippen molar-refractivity contribution in [3.8, 4) is 0 Å². The molecule has 0 aromatic rings. The molecule has 0 N–H and O–H groups in total. The number of hydrogen-bond acceptors (Lipinski definition) is 3. The highest BCUT2D eigenvalue weighted by atomic mass is 16.5. The van der Waals surface area contributed by atoms with Crippen LogP contribution < -0.4 is 0 Å². The number of morpholine rings is 1. The zero-order valence-corrected chi connectivity index (χ0v) is 9.45. The first-order valence-electron chi connectivity index (χ1n) is 5.55. The fraction of sp³-hybridized carbons (Fsp3) is 1.00. The van der Waals surface area contributed by atoms with Crippen LogP contribution >= 0.6 is 0 Å². The van der Waals surface area contributed by atoms with Gasteiger partial charge in [-0.25, -0.2) is 0 Å². The predicted molar refractivity (Wildman–Crippen MR) is 55.4 cm³/mol. The van der Waals surface area contributed by atoms with E-state index in [0.717, 1.165) is 32.9 Å². The van der Waals surface area contributed by atoms with Gasteiger partial charge in [-0.05, 0) is 13.8 Å². The zero-order valence-electron chi connectivity index (χ0n) is 9.45. The molecule has 3 nitrogen and oxygen atoms in total. The lowest BCUT2D eigenvalue weighted by molar-refractivity contribution is -0.198. The van der Waals surface area contributed by atoms with Gasteiger partial charge in [0.05, 0.1) is 25.9 Å². The summed E-state index contributed by atoms with van der Waals surface area (Å²) in [6.45, 7) is 11.5. The Morgan fingerprint density at radius 2 is 2.07 bits per heavy atom. The van der Waals surface area contributed by atoms with Gasteiger partial charge in [0, 0.05) is 24.5 Å². The van der Waals surface area contributed by atoms with E-state index in [2.05, 4.69) is 25.7 Å². The van der Waals surface area contributed by atoms with Crippen molar-refractivity contribution >= 4 is 0 Å². The highest BCUT2D eigenvalue weighted by molar-refractivity contribution is 4.92. The van der Waals surface area contributed by atoms with Crippen LogP contribution in [0, 0.1) is 5.41 Å². The Morgan fingerprint density at radius 1 is 1.36 bits per heavy atom. The molecule has 0 bridgehead atoms. The topological polar surface area (TPSA) is 21.7 Å². The quantitative estimate of drug-likeness (QED) is 0.665. The Kier molecular flexibility index (Phi) is 2.82. The maximum absolute atomic E-state index is 5.84. The largest absolute Gasteiger partial charge is 0.380 e. The van der Waals surface area contributed by atoms with Crippen LogP contribution in [0.5, 0.6) is 0 Å². The minimum atomic E-state index is 0.271. The van der Waals surface area contributed by atoms with Crippen LogP contribution in [0.4, 0.5) is 0 Å². The van der Waals surface area contributed by atoms with E-state index in [1.54, 1.807) is 0 Å². The molecule has 0 spiro atoms. The summed E-state index contributed by atoms with van der Waals surface area (Å²) in [5, 5.41) is 0. The Balaban J connectivity index is 1.93. The number of nitrogens with zero attached hydrogens (tertiary/aromatic N) is 1. The van der Waals surface area contributed by atoms with Crippen molar-refractivity contribution < 1.29 is 9.47 Å². The standard InChI is InChI=1S/C11H21NO2/c1-9(2)12-4-5-14-10(6-12)11(3)7-13-8-11/h9-10H,4-8H2,1-3H3/t10-/m1/s1. The normalized spacial score (nSPS) is 33.0. The molecule has 2 heterocycles. The second-order valence-corrected chi connectivity index (χ2v) is 5.09. The fourth-order valence-electron chi connectivity index (χ4n) is 2.17. The third-order valence-corrected chi connectivity index (χ3v) is 3.47. The van der Waals surface area contributed by atoms with Crippen LogP contribution in [-0.4, -0.2) is 50.0 Å².